The Hall–Kier alpha value is -2.34. The van der Waals surface area contributed by atoms with Crippen molar-refractivity contribution in [3.8, 4) is 0 Å². The van der Waals surface area contributed by atoms with Gasteiger partial charge < -0.3 is 5.32 Å². The number of aromatic nitrogens is 1. The Morgan fingerprint density at radius 3 is 2.43 bits per heavy atom. The summed E-state index contributed by atoms with van der Waals surface area (Å²) in [6.07, 6.45) is 1.51. The first kappa shape index (κ1) is 15.1. The summed E-state index contributed by atoms with van der Waals surface area (Å²) in [5.41, 5.74) is 1.30. The van der Waals surface area contributed by atoms with Crippen molar-refractivity contribution in [3.05, 3.63) is 48.7 Å². The lowest BCUT2D eigenvalue weighted by Gasteiger charge is -2.20. The van der Waals surface area contributed by atoms with Crippen molar-refractivity contribution in [2.75, 3.05) is 16.0 Å². The summed E-state index contributed by atoms with van der Waals surface area (Å²) in [7, 11) is 0. The highest BCUT2D eigenvalue weighted by atomic mass is 32.1. The van der Waals surface area contributed by atoms with Crippen molar-refractivity contribution in [1.29, 1.82) is 0 Å². The van der Waals surface area contributed by atoms with Gasteiger partial charge in [-0.3, -0.25) is 14.5 Å². The minimum Gasteiger partial charge on any atom is -0.324 e. The third kappa shape index (κ3) is 3.82. The van der Waals surface area contributed by atoms with Crippen LogP contribution in [-0.2, 0) is 9.59 Å². The van der Waals surface area contributed by atoms with Crippen LogP contribution in [0.4, 0.5) is 17.2 Å². The number of hydrogen-bond acceptors (Lipinski definition) is 4. The number of hydrogen-bond donors (Lipinski definition) is 2. The van der Waals surface area contributed by atoms with Gasteiger partial charge in [-0.2, -0.15) is 12.6 Å². The average molecular weight is 301 g/mol. The molecule has 1 aromatic heterocycles. The van der Waals surface area contributed by atoms with E-state index in [0.29, 0.717) is 11.5 Å². The van der Waals surface area contributed by atoms with Crippen LogP contribution in [0.2, 0.25) is 0 Å². The molecule has 0 atom stereocenters. The zero-order chi connectivity index (χ0) is 15.2. The average Bonchev–Trinajstić information content (AvgIpc) is 2.50. The Balaban J connectivity index is 2.26. The number of amides is 2. The maximum absolute atomic E-state index is 11.9. The summed E-state index contributed by atoms with van der Waals surface area (Å²) in [5.74, 6) is 0.253. The zero-order valence-corrected chi connectivity index (χ0v) is 12.4. The molecule has 5 nitrogen and oxygen atoms in total. The van der Waals surface area contributed by atoms with Gasteiger partial charge >= 0.3 is 0 Å². The lowest BCUT2D eigenvalue weighted by Crippen LogP contribution is -2.23. The molecule has 0 bridgehead atoms. The molecule has 6 heteroatoms. The molecule has 1 heterocycles. The van der Waals surface area contributed by atoms with E-state index >= 15 is 0 Å². The number of para-hydroxylation sites is 1. The van der Waals surface area contributed by atoms with Crippen LogP contribution in [-0.4, -0.2) is 22.6 Å². The summed E-state index contributed by atoms with van der Waals surface area (Å²) < 4.78 is 0. The van der Waals surface area contributed by atoms with Crippen molar-refractivity contribution >= 4 is 41.6 Å². The highest BCUT2D eigenvalue weighted by molar-refractivity contribution is 7.81. The van der Waals surface area contributed by atoms with Gasteiger partial charge in [-0.1, -0.05) is 18.2 Å². The van der Waals surface area contributed by atoms with Crippen LogP contribution in [0, 0.1) is 0 Å². The van der Waals surface area contributed by atoms with E-state index in [4.69, 9.17) is 0 Å². The summed E-state index contributed by atoms with van der Waals surface area (Å²) in [6.45, 7) is 1.48. The second-order valence-electron chi connectivity index (χ2n) is 4.30. The summed E-state index contributed by atoms with van der Waals surface area (Å²) in [4.78, 5) is 28.8. The van der Waals surface area contributed by atoms with Crippen LogP contribution in [0.15, 0.2) is 48.7 Å². The number of carbonyl (C=O) groups excluding carboxylic acids is 2. The number of pyridine rings is 1. The molecule has 0 aliphatic rings. The third-order valence-electron chi connectivity index (χ3n) is 2.73. The normalized spacial score (nSPS) is 10.0. The first-order valence-electron chi connectivity index (χ1n) is 6.34. The van der Waals surface area contributed by atoms with Gasteiger partial charge in [-0.15, -0.1) is 0 Å². The first-order chi connectivity index (χ1) is 10.1. The number of thiol groups is 1. The van der Waals surface area contributed by atoms with Crippen molar-refractivity contribution in [2.24, 2.45) is 0 Å². The Morgan fingerprint density at radius 1 is 1.19 bits per heavy atom. The molecule has 0 aliphatic heterocycles. The summed E-state index contributed by atoms with van der Waals surface area (Å²) >= 11 is 3.89. The molecule has 2 aromatic rings. The Morgan fingerprint density at radius 2 is 1.90 bits per heavy atom. The molecular formula is C15H15N3O2S. The molecule has 0 unspecified atom stereocenters. The van der Waals surface area contributed by atoms with Crippen molar-refractivity contribution < 1.29 is 9.59 Å². The zero-order valence-electron chi connectivity index (χ0n) is 11.5. The molecule has 0 saturated heterocycles. The van der Waals surface area contributed by atoms with Gasteiger partial charge in [0.2, 0.25) is 11.8 Å². The van der Waals surface area contributed by atoms with Crippen molar-refractivity contribution in [1.82, 2.24) is 4.98 Å². The molecule has 0 radical (unpaired) electrons. The third-order valence-corrected chi connectivity index (χ3v) is 3.02. The molecule has 0 aliphatic carbocycles. The van der Waals surface area contributed by atoms with Gasteiger partial charge in [0.05, 0.1) is 23.3 Å². The minimum absolute atomic E-state index is 0.103. The van der Waals surface area contributed by atoms with E-state index in [1.54, 1.807) is 12.1 Å². The highest BCUT2D eigenvalue weighted by Gasteiger charge is 2.14. The second-order valence-corrected chi connectivity index (χ2v) is 4.62. The van der Waals surface area contributed by atoms with E-state index in [0.717, 1.165) is 5.69 Å². The molecular weight excluding hydrogens is 286 g/mol. The fraction of sp³-hybridized carbons (Fsp3) is 0.133. The molecule has 21 heavy (non-hydrogen) atoms. The Kier molecular flexibility index (Phi) is 4.94. The van der Waals surface area contributed by atoms with E-state index in [-0.39, 0.29) is 17.6 Å². The summed E-state index contributed by atoms with van der Waals surface area (Å²) in [6, 6.07) is 12.6. The van der Waals surface area contributed by atoms with Crippen LogP contribution in [0.25, 0.3) is 0 Å². The Labute approximate surface area is 128 Å². The molecule has 1 aromatic carbocycles. The topological polar surface area (TPSA) is 62.3 Å². The van der Waals surface area contributed by atoms with E-state index in [9.17, 15) is 9.59 Å². The monoisotopic (exact) mass is 301 g/mol. The van der Waals surface area contributed by atoms with Gasteiger partial charge in [0.25, 0.3) is 0 Å². The molecule has 1 N–H and O–H groups in total. The van der Waals surface area contributed by atoms with Gasteiger partial charge in [0.1, 0.15) is 5.82 Å². The maximum Gasteiger partial charge on any atom is 0.234 e. The second kappa shape index (κ2) is 6.90. The SMILES string of the molecule is CC(=O)N(c1ccccc1)c1ccc(NC(=O)CS)cn1. The number of nitrogens with one attached hydrogen (secondary N) is 1. The van der Waals surface area contributed by atoms with E-state index < -0.39 is 0 Å². The van der Waals surface area contributed by atoms with Crippen molar-refractivity contribution in [3.63, 3.8) is 0 Å². The number of benzene rings is 1. The van der Waals surface area contributed by atoms with Crippen LogP contribution < -0.4 is 10.2 Å². The number of anilines is 3. The van der Waals surface area contributed by atoms with Crippen molar-refractivity contribution in [2.45, 2.75) is 6.92 Å². The number of rotatable bonds is 4. The Bertz CT molecular complexity index is 629. The lowest BCUT2D eigenvalue weighted by atomic mass is 10.2. The first-order valence-corrected chi connectivity index (χ1v) is 6.97. The van der Waals surface area contributed by atoms with E-state index in [1.807, 2.05) is 30.3 Å². The van der Waals surface area contributed by atoms with Gasteiger partial charge in [-0.05, 0) is 24.3 Å². The predicted molar refractivity (Wildman–Crippen MR) is 86.0 cm³/mol. The quantitative estimate of drug-likeness (QED) is 0.853. The molecule has 2 rings (SSSR count). The van der Waals surface area contributed by atoms with Gasteiger partial charge in [-0.25, -0.2) is 4.98 Å². The molecule has 0 saturated carbocycles. The number of nitrogens with zero attached hydrogens (tertiary/aromatic N) is 2. The van der Waals surface area contributed by atoms with Gasteiger partial charge in [0, 0.05) is 6.92 Å². The van der Waals surface area contributed by atoms with E-state index in [2.05, 4.69) is 22.9 Å². The molecule has 108 valence electrons. The number of carbonyl (C=O) groups is 2. The van der Waals surface area contributed by atoms with Crippen LogP contribution in [0.3, 0.4) is 0 Å². The van der Waals surface area contributed by atoms with Crippen LogP contribution >= 0.6 is 12.6 Å². The standard InChI is InChI=1S/C15H15N3O2S/c1-11(19)18(13-5-3-2-4-6-13)14-8-7-12(9-16-14)17-15(20)10-21/h2-9,21H,10H2,1H3,(H,17,20). The predicted octanol–water partition coefficient (Wildman–Crippen LogP) is 2.63. The molecule has 0 spiro atoms. The largest absolute Gasteiger partial charge is 0.324 e. The smallest absolute Gasteiger partial charge is 0.234 e. The lowest BCUT2D eigenvalue weighted by molar-refractivity contribution is -0.116. The van der Waals surface area contributed by atoms with Crippen LogP contribution in [0.1, 0.15) is 6.92 Å². The summed E-state index contributed by atoms with van der Waals surface area (Å²) in [5, 5.41) is 2.65. The molecule has 0 fully saturated rings. The van der Waals surface area contributed by atoms with Gasteiger partial charge in [0.15, 0.2) is 0 Å². The molecule has 2 amide bonds. The van der Waals surface area contributed by atoms with Crippen LogP contribution in [0.5, 0.6) is 0 Å². The fourth-order valence-electron chi connectivity index (χ4n) is 1.85. The minimum atomic E-state index is -0.209. The van der Waals surface area contributed by atoms with E-state index in [1.165, 1.54) is 18.0 Å². The maximum atomic E-state index is 11.9. The fourth-order valence-corrected chi connectivity index (χ4v) is 1.92. The highest BCUT2D eigenvalue weighted by Crippen LogP contribution is 2.24.